The summed E-state index contributed by atoms with van der Waals surface area (Å²) in [6, 6.07) is 16.7. The van der Waals surface area contributed by atoms with E-state index in [4.69, 9.17) is 18.9 Å². The van der Waals surface area contributed by atoms with Crippen molar-refractivity contribution in [1.29, 1.82) is 0 Å². The van der Waals surface area contributed by atoms with Gasteiger partial charge in [0.1, 0.15) is 11.3 Å². The van der Waals surface area contributed by atoms with Crippen LogP contribution in [-0.4, -0.2) is 57.4 Å². The minimum absolute atomic E-state index is 0.00875. The Hall–Kier alpha value is -4.31. The van der Waals surface area contributed by atoms with Crippen molar-refractivity contribution >= 4 is 11.9 Å². The number of benzene rings is 2. The molecule has 1 aliphatic heterocycles. The Balaban J connectivity index is 1.37. The summed E-state index contributed by atoms with van der Waals surface area (Å²) in [5.74, 6) is -1.30. The zero-order chi connectivity index (χ0) is 23.7. The Kier molecular flexibility index (Phi) is 5.64. The standard InChI is InChI=1S/C24H20N4O6/c1-32-24(31)18-19(15-5-3-2-4-6-15)26-33-20(18)22-25-21(27-34-22)16-9-7-14(8-10-16)11-28-12-17(13-28)23(29)30/h2-10,17H,11-13H2,1H3,(H,29,30). The molecule has 0 radical (unpaired) electrons. The molecule has 2 aromatic carbocycles. The zero-order valence-corrected chi connectivity index (χ0v) is 18.2. The molecule has 10 heteroatoms. The highest BCUT2D eigenvalue weighted by Crippen LogP contribution is 2.33. The van der Waals surface area contributed by atoms with E-state index in [1.54, 1.807) is 12.1 Å². The lowest BCUT2D eigenvalue weighted by atomic mass is 9.99. The summed E-state index contributed by atoms with van der Waals surface area (Å²) in [4.78, 5) is 29.9. The van der Waals surface area contributed by atoms with E-state index in [0.29, 0.717) is 42.3 Å². The highest BCUT2D eigenvalue weighted by Gasteiger charge is 2.32. The first-order valence-corrected chi connectivity index (χ1v) is 10.6. The van der Waals surface area contributed by atoms with Gasteiger partial charge in [0.2, 0.25) is 11.6 Å². The van der Waals surface area contributed by atoms with Crippen LogP contribution in [0.2, 0.25) is 0 Å². The molecule has 0 saturated carbocycles. The van der Waals surface area contributed by atoms with E-state index in [2.05, 4.69) is 20.2 Å². The molecule has 1 fully saturated rings. The summed E-state index contributed by atoms with van der Waals surface area (Å²) in [5.41, 5.74) is 2.88. The number of ether oxygens (including phenoxy) is 1. The lowest BCUT2D eigenvalue weighted by molar-refractivity contribution is -0.147. The number of carbonyl (C=O) groups is 2. The molecule has 1 aliphatic rings. The van der Waals surface area contributed by atoms with E-state index in [1.807, 2.05) is 42.5 Å². The van der Waals surface area contributed by atoms with Gasteiger partial charge in [-0.2, -0.15) is 4.98 Å². The molecule has 0 aliphatic carbocycles. The molecule has 34 heavy (non-hydrogen) atoms. The summed E-state index contributed by atoms with van der Waals surface area (Å²) in [7, 11) is 1.27. The zero-order valence-electron chi connectivity index (χ0n) is 18.2. The van der Waals surface area contributed by atoms with Gasteiger partial charge in [-0.25, -0.2) is 4.79 Å². The molecule has 0 unspecified atom stereocenters. The molecule has 5 rings (SSSR count). The fraction of sp³-hybridized carbons (Fsp3) is 0.208. The molecule has 1 N–H and O–H groups in total. The fourth-order valence-electron chi connectivity index (χ4n) is 3.83. The van der Waals surface area contributed by atoms with Crippen LogP contribution in [0.25, 0.3) is 34.3 Å². The summed E-state index contributed by atoms with van der Waals surface area (Å²) in [5, 5.41) is 17.1. The van der Waals surface area contributed by atoms with Crippen LogP contribution in [-0.2, 0) is 16.1 Å². The Bertz CT molecular complexity index is 1320. The average Bonchev–Trinajstić information content (AvgIpc) is 3.49. The van der Waals surface area contributed by atoms with E-state index < -0.39 is 11.9 Å². The minimum atomic E-state index is -0.752. The molecular formula is C24H20N4O6. The largest absolute Gasteiger partial charge is 0.481 e. The van der Waals surface area contributed by atoms with E-state index in [0.717, 1.165) is 5.56 Å². The third-order valence-electron chi connectivity index (χ3n) is 5.67. The van der Waals surface area contributed by atoms with Gasteiger partial charge in [0, 0.05) is 30.8 Å². The number of rotatable bonds is 7. The summed E-state index contributed by atoms with van der Waals surface area (Å²) >= 11 is 0. The number of esters is 1. The normalized spacial score (nSPS) is 14.0. The summed E-state index contributed by atoms with van der Waals surface area (Å²) in [6.45, 7) is 1.77. The highest BCUT2D eigenvalue weighted by atomic mass is 16.5. The van der Waals surface area contributed by atoms with E-state index in [-0.39, 0.29) is 23.1 Å². The maximum atomic E-state index is 12.5. The number of carbonyl (C=O) groups excluding carboxylic acids is 1. The molecule has 4 aromatic rings. The smallest absolute Gasteiger partial charge is 0.344 e. The van der Waals surface area contributed by atoms with Gasteiger partial charge in [-0.1, -0.05) is 64.9 Å². The number of nitrogens with zero attached hydrogens (tertiary/aromatic N) is 4. The van der Waals surface area contributed by atoms with E-state index in [1.165, 1.54) is 7.11 Å². The van der Waals surface area contributed by atoms with Crippen LogP contribution in [0, 0.1) is 5.92 Å². The molecule has 1 saturated heterocycles. The van der Waals surface area contributed by atoms with Crippen LogP contribution < -0.4 is 0 Å². The fourth-order valence-corrected chi connectivity index (χ4v) is 3.83. The van der Waals surface area contributed by atoms with Crippen molar-refractivity contribution in [2.45, 2.75) is 6.54 Å². The summed E-state index contributed by atoms with van der Waals surface area (Å²) in [6.07, 6.45) is 0. The maximum Gasteiger partial charge on any atom is 0.344 e. The van der Waals surface area contributed by atoms with Crippen molar-refractivity contribution in [1.82, 2.24) is 20.2 Å². The van der Waals surface area contributed by atoms with Crippen LogP contribution >= 0.6 is 0 Å². The molecular weight excluding hydrogens is 440 g/mol. The molecule has 0 spiro atoms. The van der Waals surface area contributed by atoms with Gasteiger partial charge in [0.15, 0.2) is 0 Å². The van der Waals surface area contributed by atoms with Gasteiger partial charge in [0.25, 0.3) is 5.89 Å². The molecule has 2 aromatic heterocycles. The highest BCUT2D eigenvalue weighted by molar-refractivity contribution is 6.00. The SMILES string of the molecule is COC(=O)c1c(-c2ccccc2)noc1-c1nc(-c2ccc(CN3CC(C(=O)O)C3)cc2)no1. The number of carboxylic acids is 1. The van der Waals surface area contributed by atoms with Crippen molar-refractivity contribution in [2.24, 2.45) is 5.92 Å². The Morgan fingerprint density at radius 2 is 1.76 bits per heavy atom. The van der Waals surface area contributed by atoms with Crippen molar-refractivity contribution in [3.8, 4) is 34.3 Å². The van der Waals surface area contributed by atoms with Crippen LogP contribution in [0.4, 0.5) is 0 Å². The van der Waals surface area contributed by atoms with Crippen LogP contribution in [0.5, 0.6) is 0 Å². The molecule has 0 amide bonds. The number of hydrogen-bond acceptors (Lipinski definition) is 9. The second kappa shape index (κ2) is 8.91. The molecule has 3 heterocycles. The molecule has 172 valence electrons. The van der Waals surface area contributed by atoms with Crippen molar-refractivity contribution in [2.75, 3.05) is 20.2 Å². The number of methoxy groups -OCH3 is 1. The second-order valence-electron chi connectivity index (χ2n) is 7.94. The first kappa shape index (κ1) is 21.5. The lowest BCUT2D eigenvalue weighted by Crippen LogP contribution is -2.49. The Morgan fingerprint density at radius 1 is 1.03 bits per heavy atom. The third-order valence-corrected chi connectivity index (χ3v) is 5.67. The molecule has 10 nitrogen and oxygen atoms in total. The van der Waals surface area contributed by atoms with Gasteiger partial charge in [-0.05, 0) is 5.56 Å². The average molecular weight is 460 g/mol. The Labute approximate surface area is 193 Å². The van der Waals surface area contributed by atoms with Gasteiger partial charge < -0.3 is 18.9 Å². The second-order valence-corrected chi connectivity index (χ2v) is 7.94. The number of likely N-dealkylation sites (tertiary alicyclic amines) is 1. The van der Waals surface area contributed by atoms with Crippen LogP contribution in [0.3, 0.4) is 0 Å². The van der Waals surface area contributed by atoms with Gasteiger partial charge in [-0.15, -0.1) is 0 Å². The van der Waals surface area contributed by atoms with Gasteiger partial charge in [0.05, 0.1) is 13.0 Å². The van der Waals surface area contributed by atoms with Gasteiger partial charge in [-0.3, -0.25) is 9.69 Å². The van der Waals surface area contributed by atoms with Crippen LogP contribution in [0.1, 0.15) is 15.9 Å². The minimum Gasteiger partial charge on any atom is -0.481 e. The predicted molar refractivity (Wildman–Crippen MR) is 118 cm³/mol. The number of hydrogen-bond donors (Lipinski definition) is 1. The third kappa shape index (κ3) is 4.06. The van der Waals surface area contributed by atoms with Crippen molar-refractivity contribution < 1.29 is 28.5 Å². The topological polar surface area (TPSA) is 132 Å². The van der Waals surface area contributed by atoms with Crippen molar-refractivity contribution in [3.63, 3.8) is 0 Å². The summed E-state index contributed by atoms with van der Waals surface area (Å²) < 4.78 is 15.7. The predicted octanol–water partition coefficient (Wildman–Crippen LogP) is 3.36. The molecule has 0 atom stereocenters. The number of aromatic nitrogens is 3. The monoisotopic (exact) mass is 460 g/mol. The maximum absolute atomic E-state index is 12.5. The molecule has 0 bridgehead atoms. The number of aliphatic carboxylic acids is 1. The van der Waals surface area contributed by atoms with E-state index >= 15 is 0 Å². The van der Waals surface area contributed by atoms with Gasteiger partial charge >= 0.3 is 11.9 Å². The first-order valence-electron chi connectivity index (χ1n) is 10.6. The quantitative estimate of drug-likeness (QED) is 0.409. The number of carboxylic acid groups (broad SMARTS) is 1. The van der Waals surface area contributed by atoms with E-state index in [9.17, 15) is 9.59 Å². The lowest BCUT2D eigenvalue weighted by Gasteiger charge is -2.36. The van der Waals surface area contributed by atoms with Crippen molar-refractivity contribution in [3.05, 3.63) is 65.7 Å². The first-order chi connectivity index (χ1) is 16.5. The Morgan fingerprint density at radius 3 is 2.44 bits per heavy atom. The van der Waals surface area contributed by atoms with Crippen LogP contribution in [0.15, 0.2) is 63.6 Å².